The van der Waals surface area contributed by atoms with Gasteiger partial charge in [-0.25, -0.2) is 0 Å². The Hall–Kier alpha value is -1.67. The largest absolute Gasteiger partial charge is 0.378 e. The molecule has 3 fully saturated rings. The zero-order valence-electron chi connectivity index (χ0n) is 13.3. The van der Waals surface area contributed by atoms with Gasteiger partial charge >= 0.3 is 0 Å². The van der Waals surface area contributed by atoms with Crippen molar-refractivity contribution < 1.29 is 19.1 Å². The Labute approximate surface area is 135 Å². The minimum atomic E-state index is -0.357. The molecule has 3 rings (SSSR count). The fourth-order valence-electron chi connectivity index (χ4n) is 3.25. The van der Waals surface area contributed by atoms with Crippen LogP contribution < -0.4 is 5.32 Å². The fourth-order valence-corrected chi connectivity index (χ4v) is 3.25. The lowest BCUT2D eigenvalue weighted by molar-refractivity contribution is -0.139. The molecule has 1 unspecified atom stereocenters. The summed E-state index contributed by atoms with van der Waals surface area (Å²) in [5, 5.41) is 2.72. The van der Waals surface area contributed by atoms with Gasteiger partial charge in [0.05, 0.1) is 19.8 Å². The number of hydrogen-bond donors (Lipinski definition) is 1. The van der Waals surface area contributed by atoms with Gasteiger partial charge in [0.2, 0.25) is 17.7 Å². The number of rotatable bonds is 3. The molecule has 8 heteroatoms. The monoisotopic (exact) mass is 324 g/mol. The van der Waals surface area contributed by atoms with E-state index < -0.39 is 0 Å². The summed E-state index contributed by atoms with van der Waals surface area (Å²) >= 11 is 0. The smallest absolute Gasteiger partial charge is 0.245 e. The van der Waals surface area contributed by atoms with Crippen LogP contribution in [0.5, 0.6) is 0 Å². The lowest BCUT2D eigenvalue weighted by Crippen LogP contribution is -2.55. The lowest BCUT2D eigenvalue weighted by atomic mass is 10.2. The summed E-state index contributed by atoms with van der Waals surface area (Å²) in [7, 11) is 0. The van der Waals surface area contributed by atoms with Gasteiger partial charge in [-0.2, -0.15) is 0 Å². The number of morpholine rings is 1. The molecule has 3 heterocycles. The van der Waals surface area contributed by atoms with Crippen molar-refractivity contribution in [2.24, 2.45) is 0 Å². The summed E-state index contributed by atoms with van der Waals surface area (Å²) in [6, 6.07) is -0.357. The highest BCUT2D eigenvalue weighted by Crippen LogP contribution is 2.12. The molecule has 0 aromatic heterocycles. The van der Waals surface area contributed by atoms with E-state index in [4.69, 9.17) is 4.74 Å². The molecular formula is C15H24N4O4. The molecule has 1 atom stereocenters. The van der Waals surface area contributed by atoms with Crippen molar-refractivity contribution in [3.63, 3.8) is 0 Å². The third-order valence-electron chi connectivity index (χ3n) is 4.70. The van der Waals surface area contributed by atoms with E-state index in [-0.39, 0.29) is 23.8 Å². The molecule has 0 spiro atoms. The van der Waals surface area contributed by atoms with Crippen molar-refractivity contribution in [2.75, 3.05) is 59.0 Å². The van der Waals surface area contributed by atoms with Crippen molar-refractivity contribution >= 4 is 17.7 Å². The van der Waals surface area contributed by atoms with E-state index in [0.29, 0.717) is 71.9 Å². The van der Waals surface area contributed by atoms with Crippen LogP contribution >= 0.6 is 0 Å². The number of nitrogens with one attached hydrogen (secondary N) is 1. The summed E-state index contributed by atoms with van der Waals surface area (Å²) in [5.74, 6) is 0.101. The van der Waals surface area contributed by atoms with E-state index in [0.717, 1.165) is 0 Å². The van der Waals surface area contributed by atoms with Crippen LogP contribution in [0, 0.1) is 0 Å². The Morgan fingerprint density at radius 1 is 1.04 bits per heavy atom. The number of ether oxygens (including phenoxy) is 1. The summed E-state index contributed by atoms with van der Waals surface area (Å²) in [6.45, 7) is 5.58. The Balaban J connectivity index is 1.42. The number of amides is 3. The Kier molecular flexibility index (Phi) is 5.12. The standard InChI is InChI=1S/C15H24N4O4/c20-13-2-1-12(16-13)15(22)19-5-3-17(4-6-19)11-14(21)18-7-9-23-10-8-18/h12H,1-11H2,(H,16,20). The maximum Gasteiger partial charge on any atom is 0.245 e. The highest BCUT2D eigenvalue weighted by atomic mass is 16.5. The first-order valence-corrected chi connectivity index (χ1v) is 8.29. The molecule has 23 heavy (non-hydrogen) atoms. The predicted molar refractivity (Wildman–Crippen MR) is 81.6 cm³/mol. The first kappa shape index (κ1) is 16.2. The van der Waals surface area contributed by atoms with Crippen LogP contribution in [0.15, 0.2) is 0 Å². The van der Waals surface area contributed by atoms with Crippen molar-refractivity contribution in [1.82, 2.24) is 20.0 Å². The van der Waals surface area contributed by atoms with E-state index in [9.17, 15) is 14.4 Å². The van der Waals surface area contributed by atoms with Gasteiger partial charge in [0, 0.05) is 45.7 Å². The molecule has 0 aromatic rings. The van der Waals surface area contributed by atoms with E-state index >= 15 is 0 Å². The zero-order valence-corrected chi connectivity index (χ0v) is 13.3. The molecule has 3 saturated heterocycles. The second-order valence-electron chi connectivity index (χ2n) is 6.25. The van der Waals surface area contributed by atoms with Gasteiger partial charge in [0.1, 0.15) is 6.04 Å². The van der Waals surface area contributed by atoms with Crippen molar-refractivity contribution in [3.8, 4) is 0 Å². The van der Waals surface area contributed by atoms with Crippen molar-refractivity contribution in [1.29, 1.82) is 0 Å². The molecule has 3 aliphatic rings. The van der Waals surface area contributed by atoms with Crippen LogP contribution in [0.1, 0.15) is 12.8 Å². The third kappa shape index (κ3) is 4.00. The molecule has 0 saturated carbocycles. The minimum Gasteiger partial charge on any atom is -0.378 e. The van der Waals surface area contributed by atoms with Crippen LogP contribution in [0.2, 0.25) is 0 Å². The summed E-state index contributed by atoms with van der Waals surface area (Å²) in [4.78, 5) is 41.5. The molecule has 0 bridgehead atoms. The first-order valence-electron chi connectivity index (χ1n) is 8.29. The second-order valence-corrected chi connectivity index (χ2v) is 6.25. The number of piperazine rings is 1. The minimum absolute atomic E-state index is 0.00926. The van der Waals surface area contributed by atoms with Gasteiger partial charge in [0.15, 0.2) is 0 Å². The number of hydrogen-bond acceptors (Lipinski definition) is 5. The van der Waals surface area contributed by atoms with Crippen molar-refractivity contribution in [2.45, 2.75) is 18.9 Å². The molecule has 0 aromatic carbocycles. The van der Waals surface area contributed by atoms with E-state index in [1.807, 2.05) is 4.90 Å². The van der Waals surface area contributed by atoms with Crippen LogP contribution in [0.3, 0.4) is 0 Å². The molecule has 3 aliphatic heterocycles. The van der Waals surface area contributed by atoms with Gasteiger partial charge < -0.3 is 19.9 Å². The van der Waals surface area contributed by atoms with Crippen molar-refractivity contribution in [3.05, 3.63) is 0 Å². The van der Waals surface area contributed by atoms with E-state index in [2.05, 4.69) is 10.2 Å². The maximum absolute atomic E-state index is 12.3. The van der Waals surface area contributed by atoms with Crippen LogP contribution in [-0.4, -0.2) is 97.5 Å². The van der Waals surface area contributed by atoms with Gasteiger partial charge in [0.25, 0.3) is 0 Å². The zero-order chi connectivity index (χ0) is 16.2. The summed E-state index contributed by atoms with van der Waals surface area (Å²) in [6.07, 6.45) is 1.03. The summed E-state index contributed by atoms with van der Waals surface area (Å²) in [5.41, 5.74) is 0. The quantitative estimate of drug-likeness (QED) is 0.667. The average molecular weight is 324 g/mol. The Bertz CT molecular complexity index is 470. The molecule has 0 radical (unpaired) electrons. The second kappa shape index (κ2) is 7.27. The van der Waals surface area contributed by atoms with Crippen LogP contribution in [0.25, 0.3) is 0 Å². The van der Waals surface area contributed by atoms with Gasteiger partial charge in [-0.1, -0.05) is 0 Å². The highest BCUT2D eigenvalue weighted by Gasteiger charge is 2.32. The Morgan fingerprint density at radius 3 is 2.35 bits per heavy atom. The predicted octanol–water partition coefficient (Wildman–Crippen LogP) is -1.73. The maximum atomic E-state index is 12.3. The fraction of sp³-hybridized carbons (Fsp3) is 0.800. The topological polar surface area (TPSA) is 82.2 Å². The third-order valence-corrected chi connectivity index (χ3v) is 4.70. The number of carbonyl (C=O) groups is 3. The van der Waals surface area contributed by atoms with Gasteiger partial charge in [-0.05, 0) is 6.42 Å². The number of carbonyl (C=O) groups excluding carboxylic acids is 3. The summed E-state index contributed by atoms with van der Waals surface area (Å²) < 4.78 is 5.26. The van der Waals surface area contributed by atoms with Gasteiger partial charge in [-0.3, -0.25) is 19.3 Å². The SMILES string of the molecule is O=C1CCC(C(=O)N2CCN(CC(=O)N3CCOCC3)CC2)N1. The highest BCUT2D eigenvalue weighted by molar-refractivity contribution is 5.90. The van der Waals surface area contributed by atoms with E-state index in [1.54, 1.807) is 4.90 Å². The molecule has 3 amide bonds. The average Bonchev–Trinajstić information content (AvgIpc) is 3.02. The normalized spacial score (nSPS) is 26.3. The Morgan fingerprint density at radius 2 is 1.74 bits per heavy atom. The lowest BCUT2D eigenvalue weighted by Gasteiger charge is -2.36. The molecular weight excluding hydrogens is 300 g/mol. The molecule has 1 N–H and O–H groups in total. The number of nitrogens with zero attached hydrogens (tertiary/aromatic N) is 3. The van der Waals surface area contributed by atoms with Crippen LogP contribution in [0.4, 0.5) is 0 Å². The van der Waals surface area contributed by atoms with Crippen LogP contribution in [-0.2, 0) is 19.1 Å². The molecule has 128 valence electrons. The first-order chi connectivity index (χ1) is 11.1. The molecule has 8 nitrogen and oxygen atoms in total. The van der Waals surface area contributed by atoms with Gasteiger partial charge in [-0.15, -0.1) is 0 Å². The van der Waals surface area contributed by atoms with E-state index in [1.165, 1.54) is 0 Å². The molecule has 0 aliphatic carbocycles.